The molecule has 0 unspecified atom stereocenters. The first-order valence-electron chi connectivity index (χ1n) is 7.74. The molecule has 0 bridgehead atoms. The lowest BCUT2D eigenvalue weighted by atomic mass is 9.92. The second-order valence-electron chi connectivity index (χ2n) is 5.82. The van der Waals surface area contributed by atoms with E-state index in [0.29, 0.717) is 0 Å². The van der Waals surface area contributed by atoms with E-state index in [1.54, 1.807) is 0 Å². The number of hydrogen-bond donors (Lipinski definition) is 0. The molecular weight excluding hydrogens is 270 g/mol. The fourth-order valence-corrected chi connectivity index (χ4v) is 3.19. The van der Waals surface area contributed by atoms with Gasteiger partial charge in [-0.1, -0.05) is 60.1 Å². The number of nitrogens with zero attached hydrogens (tertiary/aromatic N) is 1. The van der Waals surface area contributed by atoms with Crippen LogP contribution >= 0.6 is 0 Å². The van der Waals surface area contributed by atoms with E-state index in [9.17, 15) is 0 Å². The highest BCUT2D eigenvalue weighted by Crippen LogP contribution is 2.38. The number of rotatable bonds is 3. The van der Waals surface area contributed by atoms with Crippen molar-refractivity contribution in [2.75, 3.05) is 0 Å². The Morgan fingerprint density at radius 3 is 2.14 bits per heavy atom. The molecular formula is C20H21NO. The summed E-state index contributed by atoms with van der Waals surface area (Å²) < 4.78 is 5.64. The smallest absolute Gasteiger partial charge is 0.144 e. The molecule has 0 atom stereocenters. The van der Waals surface area contributed by atoms with E-state index in [1.807, 2.05) is 6.07 Å². The Balaban J connectivity index is 2.28. The van der Waals surface area contributed by atoms with Crippen molar-refractivity contribution >= 4 is 0 Å². The SMILES string of the molecule is CCc1onc(-c2c(C)cc(C)cc2C)c1-c1ccccc1. The summed E-state index contributed by atoms with van der Waals surface area (Å²) >= 11 is 0. The highest BCUT2D eigenvalue weighted by Gasteiger charge is 2.20. The summed E-state index contributed by atoms with van der Waals surface area (Å²) in [5.74, 6) is 0.945. The maximum absolute atomic E-state index is 5.64. The van der Waals surface area contributed by atoms with Gasteiger partial charge in [-0.15, -0.1) is 0 Å². The average Bonchev–Trinajstić information content (AvgIpc) is 2.90. The molecule has 0 radical (unpaired) electrons. The van der Waals surface area contributed by atoms with E-state index < -0.39 is 0 Å². The third-order valence-electron chi connectivity index (χ3n) is 4.06. The van der Waals surface area contributed by atoms with E-state index in [1.165, 1.54) is 22.3 Å². The van der Waals surface area contributed by atoms with E-state index in [2.05, 4.69) is 69.2 Å². The molecule has 0 fully saturated rings. The number of aromatic nitrogens is 1. The van der Waals surface area contributed by atoms with Gasteiger partial charge in [0, 0.05) is 12.0 Å². The van der Waals surface area contributed by atoms with Gasteiger partial charge in [-0.05, 0) is 37.5 Å². The molecule has 1 heterocycles. The molecule has 2 heteroatoms. The predicted octanol–water partition coefficient (Wildman–Crippen LogP) is 5.50. The number of benzene rings is 2. The van der Waals surface area contributed by atoms with Crippen LogP contribution in [0.15, 0.2) is 47.0 Å². The van der Waals surface area contributed by atoms with Crippen molar-refractivity contribution in [1.29, 1.82) is 0 Å². The molecule has 0 saturated heterocycles. The Kier molecular flexibility index (Phi) is 3.84. The predicted molar refractivity (Wildman–Crippen MR) is 91.0 cm³/mol. The lowest BCUT2D eigenvalue weighted by Crippen LogP contribution is -1.93. The van der Waals surface area contributed by atoms with Gasteiger partial charge in [-0.2, -0.15) is 0 Å². The zero-order valence-corrected chi connectivity index (χ0v) is 13.6. The summed E-state index contributed by atoms with van der Waals surface area (Å²) in [4.78, 5) is 0. The minimum atomic E-state index is 0.835. The maximum Gasteiger partial charge on any atom is 0.144 e. The minimum absolute atomic E-state index is 0.835. The minimum Gasteiger partial charge on any atom is -0.360 e. The van der Waals surface area contributed by atoms with Crippen molar-refractivity contribution < 1.29 is 4.52 Å². The van der Waals surface area contributed by atoms with Crippen LogP contribution < -0.4 is 0 Å². The van der Waals surface area contributed by atoms with Crippen LogP contribution in [0.3, 0.4) is 0 Å². The maximum atomic E-state index is 5.64. The summed E-state index contributed by atoms with van der Waals surface area (Å²) in [6.07, 6.45) is 0.835. The third kappa shape index (κ3) is 2.45. The molecule has 0 N–H and O–H groups in total. The molecule has 0 aliphatic rings. The van der Waals surface area contributed by atoms with Gasteiger partial charge in [0.15, 0.2) is 0 Å². The Hall–Kier alpha value is -2.35. The summed E-state index contributed by atoms with van der Waals surface area (Å²) in [6.45, 7) is 8.52. The van der Waals surface area contributed by atoms with Gasteiger partial charge in [-0.25, -0.2) is 0 Å². The Morgan fingerprint density at radius 2 is 1.55 bits per heavy atom. The molecule has 3 rings (SSSR count). The fourth-order valence-electron chi connectivity index (χ4n) is 3.19. The summed E-state index contributed by atoms with van der Waals surface area (Å²) in [7, 11) is 0. The molecule has 0 amide bonds. The van der Waals surface area contributed by atoms with Crippen LogP contribution in [-0.4, -0.2) is 5.16 Å². The van der Waals surface area contributed by atoms with Crippen molar-refractivity contribution in [3.63, 3.8) is 0 Å². The number of hydrogen-bond acceptors (Lipinski definition) is 2. The van der Waals surface area contributed by atoms with Crippen LogP contribution in [0.1, 0.15) is 29.4 Å². The topological polar surface area (TPSA) is 26.0 Å². The van der Waals surface area contributed by atoms with Gasteiger partial charge in [0.2, 0.25) is 0 Å². The molecule has 2 aromatic carbocycles. The van der Waals surface area contributed by atoms with Crippen molar-refractivity contribution in [2.24, 2.45) is 0 Å². The molecule has 0 aliphatic heterocycles. The van der Waals surface area contributed by atoms with Crippen molar-refractivity contribution in [3.05, 3.63) is 64.9 Å². The monoisotopic (exact) mass is 291 g/mol. The van der Waals surface area contributed by atoms with E-state index >= 15 is 0 Å². The highest BCUT2D eigenvalue weighted by molar-refractivity contribution is 5.84. The largest absolute Gasteiger partial charge is 0.360 e. The first kappa shape index (κ1) is 14.6. The summed E-state index contributed by atoms with van der Waals surface area (Å²) in [5.41, 5.74) is 8.19. The average molecular weight is 291 g/mol. The quantitative estimate of drug-likeness (QED) is 0.637. The van der Waals surface area contributed by atoms with Gasteiger partial charge in [0.25, 0.3) is 0 Å². The standard InChI is InChI=1S/C20H21NO/c1-5-17-19(16-9-7-6-8-10-16)20(21-22-17)18-14(3)11-13(2)12-15(18)4/h6-12H,5H2,1-4H3. The van der Waals surface area contributed by atoms with Gasteiger partial charge in [0.1, 0.15) is 11.5 Å². The zero-order chi connectivity index (χ0) is 15.7. The summed E-state index contributed by atoms with van der Waals surface area (Å²) in [5, 5.41) is 4.41. The van der Waals surface area contributed by atoms with Crippen molar-refractivity contribution in [1.82, 2.24) is 5.16 Å². The first-order chi connectivity index (χ1) is 10.6. The Morgan fingerprint density at radius 1 is 0.909 bits per heavy atom. The number of aryl methyl sites for hydroxylation is 4. The first-order valence-corrected chi connectivity index (χ1v) is 7.74. The van der Waals surface area contributed by atoms with E-state index in [0.717, 1.165) is 29.0 Å². The van der Waals surface area contributed by atoms with Gasteiger partial charge in [-0.3, -0.25) is 0 Å². The van der Waals surface area contributed by atoms with Gasteiger partial charge < -0.3 is 4.52 Å². The highest BCUT2D eigenvalue weighted by atomic mass is 16.5. The van der Waals surface area contributed by atoms with Crippen LogP contribution in [0.2, 0.25) is 0 Å². The Labute approximate surface area is 131 Å². The molecule has 22 heavy (non-hydrogen) atoms. The van der Waals surface area contributed by atoms with Gasteiger partial charge in [0.05, 0.1) is 5.56 Å². The van der Waals surface area contributed by atoms with Crippen LogP contribution in [0.5, 0.6) is 0 Å². The molecule has 2 nitrogen and oxygen atoms in total. The van der Waals surface area contributed by atoms with E-state index in [4.69, 9.17) is 4.52 Å². The molecule has 0 saturated carbocycles. The second-order valence-corrected chi connectivity index (χ2v) is 5.82. The van der Waals surface area contributed by atoms with Crippen molar-refractivity contribution in [3.8, 4) is 22.4 Å². The van der Waals surface area contributed by atoms with Gasteiger partial charge >= 0.3 is 0 Å². The lowest BCUT2D eigenvalue weighted by molar-refractivity contribution is 0.389. The van der Waals surface area contributed by atoms with Crippen LogP contribution in [0, 0.1) is 20.8 Å². The summed E-state index contributed by atoms with van der Waals surface area (Å²) in [6, 6.07) is 14.8. The van der Waals surface area contributed by atoms with E-state index in [-0.39, 0.29) is 0 Å². The van der Waals surface area contributed by atoms with Crippen LogP contribution in [0.25, 0.3) is 22.4 Å². The molecule has 1 aromatic heterocycles. The van der Waals surface area contributed by atoms with Crippen LogP contribution in [0.4, 0.5) is 0 Å². The zero-order valence-electron chi connectivity index (χ0n) is 13.6. The van der Waals surface area contributed by atoms with Crippen LogP contribution in [-0.2, 0) is 6.42 Å². The normalized spacial score (nSPS) is 10.9. The second kappa shape index (κ2) is 5.80. The molecule has 0 spiro atoms. The Bertz CT molecular complexity index is 777. The molecule has 0 aliphatic carbocycles. The van der Waals surface area contributed by atoms with Crippen molar-refractivity contribution in [2.45, 2.75) is 34.1 Å². The molecule has 3 aromatic rings. The fraction of sp³-hybridized carbons (Fsp3) is 0.250. The third-order valence-corrected chi connectivity index (χ3v) is 4.06. The molecule has 112 valence electrons. The lowest BCUT2D eigenvalue weighted by Gasteiger charge is -2.11.